The highest BCUT2D eigenvalue weighted by Gasteiger charge is 2.26. The van der Waals surface area contributed by atoms with Crippen LogP contribution in [0.5, 0.6) is 0 Å². The summed E-state index contributed by atoms with van der Waals surface area (Å²) in [5.41, 5.74) is -0.00747. The van der Waals surface area contributed by atoms with Crippen LogP contribution in [0, 0.1) is 0 Å². The van der Waals surface area contributed by atoms with E-state index in [2.05, 4.69) is 60.7 Å². The maximum absolute atomic E-state index is 14.1. The fourth-order valence-electron chi connectivity index (χ4n) is 6.21. The van der Waals surface area contributed by atoms with Gasteiger partial charge in [-0.3, -0.25) is 9.59 Å². The van der Waals surface area contributed by atoms with Crippen molar-refractivity contribution in [1.29, 1.82) is 0 Å². The number of rotatable bonds is 0. The van der Waals surface area contributed by atoms with Crippen LogP contribution in [0.1, 0.15) is 0 Å². The molecule has 7 aromatic carbocycles. The first-order valence-corrected chi connectivity index (χ1v) is 12.8. The van der Waals surface area contributed by atoms with Crippen molar-refractivity contribution in [2.24, 2.45) is 0 Å². The van der Waals surface area contributed by atoms with E-state index in [1.54, 1.807) is 0 Å². The lowest BCUT2D eigenvalue weighted by atomic mass is 10.0. The minimum absolute atomic E-state index is 0.00374. The fraction of sp³-hybridized carbons (Fsp3) is 0. The highest BCUT2D eigenvalue weighted by atomic mass is 32.1. The molecule has 34 heavy (non-hydrogen) atoms. The normalized spacial score (nSPS) is 12.9. The van der Waals surface area contributed by atoms with Crippen molar-refractivity contribution < 1.29 is 0 Å². The third kappa shape index (κ3) is 1.77. The van der Waals surface area contributed by atoms with Crippen LogP contribution in [0.3, 0.4) is 0 Å². The second-order valence-electron chi connectivity index (χ2n) is 9.10. The van der Waals surface area contributed by atoms with Crippen LogP contribution in [-0.4, -0.2) is 0 Å². The second kappa shape index (κ2) is 5.61. The molecule has 0 aliphatic heterocycles. The van der Waals surface area contributed by atoms with Gasteiger partial charge in [0.15, 0.2) is 0 Å². The Labute approximate surface area is 198 Å². The van der Waals surface area contributed by atoms with Crippen molar-refractivity contribution in [2.75, 3.05) is 0 Å². The molecule has 0 spiro atoms. The molecule has 0 fully saturated rings. The van der Waals surface area contributed by atoms with E-state index in [4.69, 9.17) is 0 Å². The van der Waals surface area contributed by atoms with Crippen LogP contribution < -0.4 is 10.9 Å². The number of thiophene rings is 2. The first kappa shape index (κ1) is 17.6. The quantitative estimate of drug-likeness (QED) is 0.225. The Kier molecular flexibility index (Phi) is 2.90. The summed E-state index contributed by atoms with van der Waals surface area (Å²) >= 11 is 2.98. The molecule has 9 aromatic rings. The Morgan fingerprint density at radius 2 is 0.765 bits per heavy atom. The summed E-state index contributed by atoms with van der Waals surface area (Å²) in [4.78, 5) is 28.1. The number of benzene rings is 5. The van der Waals surface area contributed by atoms with Crippen LogP contribution in [0.15, 0.2) is 82.4 Å². The maximum Gasteiger partial charge on any atom is 0.205 e. The minimum Gasteiger partial charge on any atom is -0.288 e. The Morgan fingerprint density at radius 1 is 0.382 bits per heavy atom. The van der Waals surface area contributed by atoms with E-state index in [1.807, 2.05) is 12.1 Å². The standard InChI is InChI=1S/C30H12O2S2/c31-25-23-21-15-9-1-5-13-7-3-11-17(19(13)15)27(21)33-29(23)26(32)24-22-16-10-2-6-14-8-4-12-18(20(14)16)28(22)34-30(24)25/h1-12H. The second-order valence-corrected chi connectivity index (χ2v) is 11.1. The van der Waals surface area contributed by atoms with E-state index in [9.17, 15) is 9.59 Å². The molecule has 0 atom stereocenters. The molecule has 0 bridgehead atoms. The van der Waals surface area contributed by atoms with Crippen LogP contribution in [0.2, 0.25) is 0 Å². The van der Waals surface area contributed by atoms with Gasteiger partial charge in [-0.05, 0) is 32.3 Å². The van der Waals surface area contributed by atoms with Gasteiger partial charge in [0.25, 0.3) is 0 Å². The van der Waals surface area contributed by atoms with E-state index in [1.165, 1.54) is 44.2 Å². The summed E-state index contributed by atoms with van der Waals surface area (Å²) in [6.45, 7) is 0. The third-order valence-corrected chi connectivity index (χ3v) is 9.96. The van der Waals surface area contributed by atoms with Crippen molar-refractivity contribution in [3.05, 3.63) is 93.2 Å². The summed E-state index contributed by atoms with van der Waals surface area (Å²) < 4.78 is 3.29. The SMILES string of the molecule is O=c1c2sc3c4cccc5cccc(c54)c3c2c(=O)c2sc3c4cccc5cccc(c54)c3c12. The van der Waals surface area contributed by atoms with Crippen LogP contribution >= 0.6 is 22.7 Å². The van der Waals surface area contributed by atoms with Crippen LogP contribution in [-0.2, 0) is 0 Å². The topological polar surface area (TPSA) is 34.1 Å². The zero-order valence-electron chi connectivity index (χ0n) is 17.6. The molecule has 0 amide bonds. The Balaban J connectivity index is 1.61. The molecule has 0 saturated carbocycles. The van der Waals surface area contributed by atoms with E-state index in [-0.39, 0.29) is 10.9 Å². The highest BCUT2D eigenvalue weighted by Crippen LogP contribution is 2.48. The highest BCUT2D eigenvalue weighted by molar-refractivity contribution is 7.28. The molecular weight excluding hydrogens is 456 g/mol. The molecule has 4 heteroatoms. The molecule has 2 nitrogen and oxygen atoms in total. The van der Waals surface area contributed by atoms with Gasteiger partial charge < -0.3 is 0 Å². The van der Waals surface area contributed by atoms with Crippen molar-refractivity contribution in [3.8, 4) is 0 Å². The maximum atomic E-state index is 14.1. The van der Waals surface area contributed by atoms with E-state index >= 15 is 0 Å². The summed E-state index contributed by atoms with van der Waals surface area (Å²) in [6, 6.07) is 25.0. The predicted octanol–water partition coefficient (Wildman–Crippen LogP) is 8.07. The Hall–Kier alpha value is -3.86. The Morgan fingerprint density at radius 3 is 1.18 bits per heavy atom. The van der Waals surface area contributed by atoms with Crippen molar-refractivity contribution in [2.45, 2.75) is 0 Å². The molecule has 0 radical (unpaired) electrons. The van der Waals surface area contributed by atoms with Gasteiger partial charge in [0.05, 0.1) is 20.2 Å². The van der Waals surface area contributed by atoms with Gasteiger partial charge in [-0.25, -0.2) is 0 Å². The van der Waals surface area contributed by atoms with Crippen molar-refractivity contribution in [1.82, 2.24) is 0 Å². The molecule has 0 unspecified atom stereocenters. The number of hydrogen-bond donors (Lipinski definition) is 0. The summed E-state index contributed by atoms with van der Waals surface area (Å²) in [7, 11) is 0. The Bertz CT molecular complexity index is 2240. The molecule has 0 aliphatic rings. The van der Waals surface area contributed by atoms with Crippen molar-refractivity contribution >= 4 is 106 Å². The molecule has 9 rings (SSSR count). The van der Waals surface area contributed by atoms with Crippen LogP contribution in [0.4, 0.5) is 0 Å². The van der Waals surface area contributed by atoms with Gasteiger partial charge in [-0.15, -0.1) is 22.7 Å². The molecular formula is C30H12O2S2. The first-order valence-electron chi connectivity index (χ1n) is 11.2. The lowest BCUT2D eigenvalue weighted by Gasteiger charge is -1.99. The van der Waals surface area contributed by atoms with Crippen molar-refractivity contribution in [3.63, 3.8) is 0 Å². The predicted molar refractivity (Wildman–Crippen MR) is 148 cm³/mol. The average molecular weight is 469 g/mol. The zero-order chi connectivity index (χ0) is 22.3. The van der Waals surface area contributed by atoms with Crippen LogP contribution in [0.25, 0.3) is 83.4 Å². The summed E-state index contributed by atoms with van der Waals surface area (Å²) in [6.07, 6.45) is 0. The lowest BCUT2D eigenvalue weighted by molar-refractivity contribution is 1.82. The van der Waals surface area contributed by atoms with E-state index in [0.717, 1.165) is 41.7 Å². The lowest BCUT2D eigenvalue weighted by Crippen LogP contribution is -2.09. The smallest absolute Gasteiger partial charge is 0.205 e. The van der Waals surface area contributed by atoms with Gasteiger partial charge in [-0.1, -0.05) is 72.8 Å². The van der Waals surface area contributed by atoms with E-state index < -0.39 is 0 Å². The van der Waals surface area contributed by atoms with Gasteiger partial charge in [0, 0.05) is 30.9 Å². The summed E-state index contributed by atoms with van der Waals surface area (Å²) in [5, 5.41) is 12.2. The summed E-state index contributed by atoms with van der Waals surface area (Å²) in [5.74, 6) is 0. The van der Waals surface area contributed by atoms with Gasteiger partial charge in [0.2, 0.25) is 10.9 Å². The number of fused-ring (bicyclic) bond motifs is 10. The molecule has 156 valence electrons. The molecule has 0 saturated heterocycles. The third-order valence-electron chi connectivity index (χ3n) is 7.52. The zero-order valence-corrected chi connectivity index (χ0v) is 19.2. The monoisotopic (exact) mass is 468 g/mol. The average Bonchev–Trinajstić information content (AvgIpc) is 3.59. The molecule has 0 N–H and O–H groups in total. The number of hydrogen-bond acceptors (Lipinski definition) is 4. The fourth-order valence-corrected chi connectivity index (χ4v) is 8.79. The van der Waals surface area contributed by atoms with E-state index in [0.29, 0.717) is 20.2 Å². The van der Waals surface area contributed by atoms with Gasteiger partial charge >= 0.3 is 0 Å². The van der Waals surface area contributed by atoms with Gasteiger partial charge in [-0.2, -0.15) is 0 Å². The minimum atomic E-state index is -0.00374. The molecule has 0 aliphatic carbocycles. The molecule has 2 heterocycles. The first-order chi connectivity index (χ1) is 16.7. The largest absolute Gasteiger partial charge is 0.288 e. The molecule has 2 aromatic heterocycles. The van der Waals surface area contributed by atoms with Gasteiger partial charge in [0.1, 0.15) is 0 Å².